The van der Waals surface area contributed by atoms with Crippen molar-refractivity contribution in [3.05, 3.63) is 11.5 Å². The predicted molar refractivity (Wildman–Crippen MR) is 75.1 cm³/mol. The fraction of sp³-hybridized carbons (Fsp3) is 0.692. The van der Waals surface area contributed by atoms with Crippen LogP contribution in [0.1, 0.15) is 34.1 Å². The van der Waals surface area contributed by atoms with E-state index in [4.69, 9.17) is 9.47 Å². The van der Waals surface area contributed by atoms with E-state index in [0.717, 1.165) is 11.0 Å². The van der Waals surface area contributed by atoms with Crippen LogP contribution in [0.3, 0.4) is 0 Å². The Morgan fingerprint density at radius 1 is 1.35 bits per heavy atom. The molecule has 10 heteroatoms. The maximum Gasteiger partial charge on any atom is 1.00 e. The van der Waals surface area contributed by atoms with Crippen LogP contribution in [-0.2, 0) is 14.3 Å². The van der Waals surface area contributed by atoms with Crippen LogP contribution in [0, 0.1) is 0 Å². The average Bonchev–Trinajstić information content (AvgIpc) is 2.35. The molecule has 1 atom stereocenters. The molecule has 0 fully saturated rings. The van der Waals surface area contributed by atoms with Gasteiger partial charge in [-0.2, -0.15) is 0 Å². The minimum atomic E-state index is -5.22. The van der Waals surface area contributed by atoms with E-state index in [0.29, 0.717) is 0 Å². The molecular formula is C13H20BF3KNO4. The third-order valence-electron chi connectivity index (χ3n) is 2.94. The first-order chi connectivity index (χ1) is 9.95. The van der Waals surface area contributed by atoms with Crippen LogP contribution < -0.4 is 51.4 Å². The van der Waals surface area contributed by atoms with Gasteiger partial charge in [0.1, 0.15) is 11.6 Å². The Labute approximate surface area is 176 Å². The first-order valence-corrected chi connectivity index (χ1v) is 7.01. The Morgan fingerprint density at radius 3 is 2.35 bits per heavy atom. The number of carbonyl (C=O) groups excluding carboxylic acids is 2. The summed E-state index contributed by atoms with van der Waals surface area (Å²) in [4.78, 5) is 24.8. The summed E-state index contributed by atoms with van der Waals surface area (Å²) in [5, 5.41) is 0. The van der Waals surface area contributed by atoms with E-state index in [9.17, 15) is 22.5 Å². The van der Waals surface area contributed by atoms with Gasteiger partial charge in [0.05, 0.1) is 6.61 Å². The van der Waals surface area contributed by atoms with Crippen LogP contribution in [0.2, 0.25) is 0 Å². The van der Waals surface area contributed by atoms with Crippen LogP contribution >= 0.6 is 0 Å². The standard InChI is InChI=1S/C13H20BF3NO4.K/c1-5-21-11(19)10-7-6-9(14(15,16)17)8-18(10)12(20)22-13(2,3)4;/h6,10H,5,7-8H2,1-4H3;/q-1;+1. The van der Waals surface area contributed by atoms with E-state index in [-0.39, 0.29) is 64.4 Å². The fourth-order valence-corrected chi connectivity index (χ4v) is 1.97. The van der Waals surface area contributed by atoms with Crippen molar-refractivity contribution in [1.29, 1.82) is 0 Å². The molecule has 1 rings (SSSR count). The molecule has 1 aliphatic rings. The van der Waals surface area contributed by atoms with Crippen LogP contribution in [0.25, 0.3) is 0 Å². The topological polar surface area (TPSA) is 55.8 Å². The Hall–Kier alpha value is -0.0287. The smallest absolute Gasteiger partial charge is 0.464 e. The van der Waals surface area contributed by atoms with E-state index in [1.54, 1.807) is 27.7 Å². The molecule has 1 heterocycles. The van der Waals surface area contributed by atoms with Gasteiger partial charge in [-0.1, -0.05) is 0 Å². The molecule has 0 N–H and O–H groups in total. The molecular weight excluding hydrogens is 341 g/mol. The number of nitrogens with zero attached hydrogens (tertiary/aromatic N) is 1. The maximum absolute atomic E-state index is 12.9. The molecule has 0 saturated carbocycles. The molecule has 0 saturated heterocycles. The Morgan fingerprint density at radius 2 is 1.91 bits per heavy atom. The Balaban J connectivity index is 0.00000484. The van der Waals surface area contributed by atoms with Gasteiger partial charge in [0, 0.05) is 6.54 Å². The zero-order valence-corrected chi connectivity index (χ0v) is 17.2. The Bertz CT molecular complexity index is 477. The van der Waals surface area contributed by atoms with Gasteiger partial charge in [-0.25, -0.2) is 9.59 Å². The van der Waals surface area contributed by atoms with Crippen LogP contribution in [0.5, 0.6) is 0 Å². The summed E-state index contributed by atoms with van der Waals surface area (Å²) < 4.78 is 48.6. The van der Waals surface area contributed by atoms with Crippen molar-refractivity contribution >= 4 is 19.0 Å². The van der Waals surface area contributed by atoms with Crippen LogP contribution in [0.15, 0.2) is 11.5 Å². The third kappa shape index (κ3) is 7.17. The molecule has 126 valence electrons. The normalized spacial score (nSPS) is 18.7. The van der Waals surface area contributed by atoms with Crippen molar-refractivity contribution < 1.29 is 83.4 Å². The van der Waals surface area contributed by atoms with Crippen molar-refractivity contribution in [3.8, 4) is 0 Å². The fourth-order valence-electron chi connectivity index (χ4n) is 1.97. The zero-order chi connectivity index (χ0) is 17.1. The van der Waals surface area contributed by atoms with Crippen molar-refractivity contribution in [2.24, 2.45) is 0 Å². The number of ether oxygens (including phenoxy) is 2. The van der Waals surface area contributed by atoms with Gasteiger partial charge in [0.15, 0.2) is 0 Å². The molecule has 0 aromatic heterocycles. The van der Waals surface area contributed by atoms with E-state index in [1.165, 1.54) is 0 Å². The molecule has 0 spiro atoms. The summed E-state index contributed by atoms with van der Waals surface area (Å²) in [5.41, 5.74) is -1.69. The van der Waals surface area contributed by atoms with Gasteiger partial charge < -0.3 is 22.4 Å². The van der Waals surface area contributed by atoms with E-state index >= 15 is 0 Å². The quantitative estimate of drug-likeness (QED) is 0.520. The number of esters is 1. The molecule has 0 aromatic rings. The first-order valence-electron chi connectivity index (χ1n) is 7.01. The second-order valence-electron chi connectivity index (χ2n) is 5.97. The third-order valence-corrected chi connectivity index (χ3v) is 2.94. The van der Waals surface area contributed by atoms with E-state index in [2.05, 4.69) is 0 Å². The molecule has 1 unspecified atom stereocenters. The largest absolute Gasteiger partial charge is 1.00 e. The summed E-state index contributed by atoms with van der Waals surface area (Å²) in [5.74, 6) is -0.738. The van der Waals surface area contributed by atoms with E-state index in [1.807, 2.05) is 0 Å². The van der Waals surface area contributed by atoms with Crippen molar-refractivity contribution in [2.75, 3.05) is 13.2 Å². The molecule has 0 radical (unpaired) electrons. The van der Waals surface area contributed by atoms with Gasteiger partial charge in [-0.05, 0) is 34.1 Å². The average molecular weight is 361 g/mol. The monoisotopic (exact) mass is 361 g/mol. The molecule has 1 aliphatic heterocycles. The summed E-state index contributed by atoms with van der Waals surface area (Å²) in [6, 6.07) is -1.10. The van der Waals surface area contributed by atoms with Crippen LogP contribution in [0.4, 0.5) is 17.7 Å². The molecule has 1 amide bonds. The minimum Gasteiger partial charge on any atom is -0.464 e. The Kier molecular flexibility index (Phi) is 8.88. The molecule has 0 aliphatic carbocycles. The number of carbonyl (C=O) groups is 2. The number of hydrogen-bond acceptors (Lipinski definition) is 4. The van der Waals surface area contributed by atoms with Gasteiger partial charge in [-0.15, -0.1) is 11.5 Å². The second kappa shape index (κ2) is 8.89. The van der Waals surface area contributed by atoms with Gasteiger partial charge in [0.25, 0.3) is 0 Å². The first kappa shape index (κ1) is 23.0. The number of hydrogen-bond donors (Lipinski definition) is 0. The summed E-state index contributed by atoms with van der Waals surface area (Å²) >= 11 is 0. The van der Waals surface area contributed by atoms with Gasteiger partial charge >= 0.3 is 70.4 Å². The summed E-state index contributed by atoms with van der Waals surface area (Å²) in [7, 11) is 0. The molecule has 23 heavy (non-hydrogen) atoms. The number of rotatable bonds is 3. The van der Waals surface area contributed by atoms with E-state index < -0.39 is 42.7 Å². The summed E-state index contributed by atoms with van der Waals surface area (Å²) in [6.07, 6.45) is -0.256. The predicted octanol–water partition coefficient (Wildman–Crippen LogP) is -0.124. The second-order valence-corrected chi connectivity index (χ2v) is 5.97. The zero-order valence-electron chi connectivity index (χ0n) is 14.1. The molecule has 0 bridgehead atoms. The van der Waals surface area contributed by atoms with Crippen molar-refractivity contribution in [1.82, 2.24) is 4.90 Å². The van der Waals surface area contributed by atoms with Crippen molar-refractivity contribution in [2.45, 2.75) is 45.8 Å². The summed E-state index contributed by atoms with van der Waals surface area (Å²) in [6.45, 7) is 0.527. The SMILES string of the molecule is CCOC(=O)C1CC=C([B-](F)(F)F)CN1C(=O)OC(C)(C)C.[K+]. The molecule has 0 aromatic carbocycles. The molecule has 5 nitrogen and oxygen atoms in total. The maximum atomic E-state index is 12.9. The van der Waals surface area contributed by atoms with Crippen molar-refractivity contribution in [3.63, 3.8) is 0 Å². The number of halogens is 3. The van der Waals surface area contributed by atoms with Gasteiger partial charge in [0.2, 0.25) is 0 Å². The number of amides is 1. The van der Waals surface area contributed by atoms with Gasteiger partial charge in [-0.3, -0.25) is 4.90 Å². The minimum absolute atomic E-state index is 0. The van der Waals surface area contributed by atoms with Crippen LogP contribution in [-0.4, -0.2) is 48.7 Å².